The Balaban J connectivity index is 2.04. The summed E-state index contributed by atoms with van der Waals surface area (Å²) >= 11 is 4.64. The van der Waals surface area contributed by atoms with Crippen LogP contribution in [-0.2, 0) is 10.0 Å². The fourth-order valence-corrected chi connectivity index (χ4v) is 3.48. The third kappa shape index (κ3) is 3.87. The molecule has 1 heterocycles. The van der Waals surface area contributed by atoms with E-state index in [1.165, 1.54) is 23.5 Å². The third-order valence-electron chi connectivity index (χ3n) is 2.46. The zero-order valence-corrected chi connectivity index (χ0v) is 13.0. The number of hydrogen-bond donors (Lipinski definition) is 2. The van der Waals surface area contributed by atoms with E-state index < -0.39 is 16.1 Å². The second kappa shape index (κ2) is 6.15. The molecule has 0 aliphatic rings. The Morgan fingerprint density at radius 3 is 2.53 bits per heavy atom. The van der Waals surface area contributed by atoms with Crippen LogP contribution in [0.15, 0.2) is 51.1 Å². The second-order valence-corrected chi connectivity index (χ2v) is 7.50. The molecule has 0 amide bonds. The van der Waals surface area contributed by atoms with Crippen LogP contribution in [0.25, 0.3) is 0 Å². The van der Waals surface area contributed by atoms with Gasteiger partial charge in [-0.1, -0.05) is 22.0 Å². The molecule has 0 aliphatic carbocycles. The van der Waals surface area contributed by atoms with Gasteiger partial charge in [-0.3, -0.25) is 0 Å². The first kappa shape index (κ1) is 14.7. The number of aliphatic hydroxyl groups is 1. The lowest BCUT2D eigenvalue weighted by Gasteiger charge is -2.11. The number of aliphatic hydroxyl groups excluding tert-OH is 1. The summed E-state index contributed by atoms with van der Waals surface area (Å²) in [5.74, 6) is 0. The van der Waals surface area contributed by atoms with Gasteiger partial charge in [-0.2, -0.15) is 0 Å². The minimum Gasteiger partial charge on any atom is -0.386 e. The molecule has 0 spiro atoms. The van der Waals surface area contributed by atoms with Crippen LogP contribution in [0.5, 0.6) is 0 Å². The van der Waals surface area contributed by atoms with Crippen LogP contribution in [0.2, 0.25) is 0 Å². The summed E-state index contributed by atoms with van der Waals surface area (Å²) in [4.78, 5) is 0.910. The van der Waals surface area contributed by atoms with Gasteiger partial charge in [0.05, 0.1) is 4.90 Å². The SMILES string of the molecule is O=S(=O)(NC[C@H](O)c1cccs1)c1ccc(Br)cc1. The number of thiophene rings is 1. The van der Waals surface area contributed by atoms with E-state index in [9.17, 15) is 13.5 Å². The van der Waals surface area contributed by atoms with E-state index in [2.05, 4.69) is 20.7 Å². The Hall–Kier alpha value is -0.730. The minimum absolute atomic E-state index is 0.0427. The van der Waals surface area contributed by atoms with Gasteiger partial charge in [-0.15, -0.1) is 11.3 Å². The van der Waals surface area contributed by atoms with Crippen molar-refractivity contribution in [3.63, 3.8) is 0 Å². The molecule has 4 nitrogen and oxygen atoms in total. The van der Waals surface area contributed by atoms with Crippen molar-refractivity contribution >= 4 is 37.3 Å². The maximum atomic E-state index is 12.0. The summed E-state index contributed by atoms with van der Waals surface area (Å²) in [6.45, 7) is -0.0427. The molecule has 7 heteroatoms. The molecule has 0 radical (unpaired) electrons. The zero-order chi connectivity index (χ0) is 13.9. The molecule has 1 aromatic carbocycles. The number of rotatable bonds is 5. The summed E-state index contributed by atoms with van der Waals surface area (Å²) in [6, 6.07) is 9.90. The Morgan fingerprint density at radius 2 is 1.95 bits per heavy atom. The smallest absolute Gasteiger partial charge is 0.240 e. The maximum Gasteiger partial charge on any atom is 0.240 e. The van der Waals surface area contributed by atoms with Gasteiger partial charge in [0.1, 0.15) is 6.10 Å². The van der Waals surface area contributed by atoms with Gasteiger partial charge in [0.25, 0.3) is 0 Å². The molecule has 0 fully saturated rings. The molecule has 0 aliphatic heterocycles. The molecular formula is C12H12BrNO3S2. The Morgan fingerprint density at radius 1 is 1.26 bits per heavy atom. The van der Waals surface area contributed by atoms with E-state index in [1.54, 1.807) is 18.2 Å². The highest BCUT2D eigenvalue weighted by atomic mass is 79.9. The fourth-order valence-electron chi connectivity index (χ4n) is 1.47. The van der Waals surface area contributed by atoms with Gasteiger partial charge in [-0.25, -0.2) is 13.1 Å². The predicted molar refractivity (Wildman–Crippen MR) is 78.6 cm³/mol. The van der Waals surface area contributed by atoms with Crippen LogP contribution in [0.1, 0.15) is 11.0 Å². The molecule has 2 aromatic rings. The Kier molecular flexibility index (Phi) is 4.75. The van der Waals surface area contributed by atoms with E-state index in [0.29, 0.717) is 0 Å². The lowest BCUT2D eigenvalue weighted by molar-refractivity contribution is 0.186. The molecule has 2 rings (SSSR count). The first-order valence-corrected chi connectivity index (χ1v) is 8.61. The van der Waals surface area contributed by atoms with Crippen molar-refractivity contribution in [1.82, 2.24) is 4.72 Å². The summed E-state index contributed by atoms with van der Waals surface area (Å²) in [7, 11) is -3.59. The first-order valence-electron chi connectivity index (χ1n) is 5.46. The van der Waals surface area contributed by atoms with Crippen molar-refractivity contribution in [3.8, 4) is 0 Å². The van der Waals surface area contributed by atoms with Crippen LogP contribution in [-0.4, -0.2) is 20.1 Å². The minimum atomic E-state index is -3.59. The topological polar surface area (TPSA) is 66.4 Å². The molecule has 0 saturated heterocycles. The molecule has 102 valence electrons. The highest BCUT2D eigenvalue weighted by Gasteiger charge is 2.16. The van der Waals surface area contributed by atoms with Gasteiger partial charge < -0.3 is 5.11 Å². The molecule has 0 bridgehead atoms. The predicted octanol–water partition coefficient (Wildman–Crippen LogP) is 2.52. The van der Waals surface area contributed by atoms with Crippen LogP contribution in [0, 0.1) is 0 Å². The average molecular weight is 362 g/mol. The molecule has 0 saturated carbocycles. The number of benzene rings is 1. The van der Waals surface area contributed by atoms with Crippen LogP contribution in [0.4, 0.5) is 0 Å². The molecular weight excluding hydrogens is 350 g/mol. The van der Waals surface area contributed by atoms with E-state index >= 15 is 0 Å². The summed E-state index contributed by atoms with van der Waals surface area (Å²) < 4.78 is 27.2. The second-order valence-electron chi connectivity index (χ2n) is 3.84. The lowest BCUT2D eigenvalue weighted by atomic mass is 10.3. The third-order valence-corrected chi connectivity index (χ3v) is 5.40. The standard InChI is InChI=1S/C12H12BrNO3S2/c13-9-3-5-10(6-4-9)19(16,17)14-8-11(15)12-2-1-7-18-12/h1-7,11,14-15H,8H2/t11-/m0/s1. The summed E-state index contributed by atoms with van der Waals surface area (Å²) in [5, 5.41) is 11.7. The number of halogens is 1. The number of sulfonamides is 1. The first-order chi connectivity index (χ1) is 8.99. The van der Waals surface area contributed by atoms with E-state index in [0.717, 1.165) is 9.35 Å². The van der Waals surface area contributed by atoms with Gasteiger partial charge in [0.2, 0.25) is 10.0 Å². The summed E-state index contributed by atoms with van der Waals surface area (Å²) in [6.07, 6.45) is -0.828. The van der Waals surface area contributed by atoms with Crippen LogP contribution < -0.4 is 4.72 Å². The van der Waals surface area contributed by atoms with Crippen molar-refractivity contribution in [2.24, 2.45) is 0 Å². The Bertz CT molecular complexity index is 624. The van der Waals surface area contributed by atoms with Crippen molar-refractivity contribution in [1.29, 1.82) is 0 Å². The lowest BCUT2D eigenvalue weighted by Crippen LogP contribution is -2.28. The molecule has 1 aromatic heterocycles. The number of hydrogen-bond acceptors (Lipinski definition) is 4. The molecule has 19 heavy (non-hydrogen) atoms. The molecule has 2 N–H and O–H groups in total. The largest absolute Gasteiger partial charge is 0.386 e. The average Bonchev–Trinajstić information content (AvgIpc) is 2.90. The van der Waals surface area contributed by atoms with Crippen molar-refractivity contribution in [2.45, 2.75) is 11.0 Å². The van der Waals surface area contributed by atoms with Crippen molar-refractivity contribution in [2.75, 3.05) is 6.54 Å². The summed E-state index contributed by atoms with van der Waals surface area (Å²) in [5.41, 5.74) is 0. The van der Waals surface area contributed by atoms with E-state index in [4.69, 9.17) is 0 Å². The van der Waals surface area contributed by atoms with Gasteiger partial charge >= 0.3 is 0 Å². The Labute approximate surface area is 124 Å². The monoisotopic (exact) mass is 361 g/mol. The van der Waals surface area contributed by atoms with Crippen LogP contribution in [0.3, 0.4) is 0 Å². The van der Waals surface area contributed by atoms with E-state index in [1.807, 2.05) is 11.4 Å². The van der Waals surface area contributed by atoms with Crippen molar-refractivity contribution in [3.05, 3.63) is 51.1 Å². The quantitative estimate of drug-likeness (QED) is 0.859. The van der Waals surface area contributed by atoms with E-state index in [-0.39, 0.29) is 11.4 Å². The molecule has 0 unspecified atom stereocenters. The normalized spacial score (nSPS) is 13.4. The fraction of sp³-hybridized carbons (Fsp3) is 0.167. The van der Waals surface area contributed by atoms with Gasteiger partial charge in [0, 0.05) is 15.9 Å². The number of nitrogens with one attached hydrogen (secondary N) is 1. The van der Waals surface area contributed by atoms with Crippen molar-refractivity contribution < 1.29 is 13.5 Å². The highest BCUT2D eigenvalue weighted by Crippen LogP contribution is 2.19. The van der Waals surface area contributed by atoms with Gasteiger partial charge in [0.15, 0.2) is 0 Å². The molecule has 1 atom stereocenters. The maximum absolute atomic E-state index is 12.0. The highest BCUT2D eigenvalue weighted by molar-refractivity contribution is 9.10. The van der Waals surface area contributed by atoms with Crippen LogP contribution >= 0.6 is 27.3 Å². The van der Waals surface area contributed by atoms with Gasteiger partial charge in [-0.05, 0) is 35.7 Å². The zero-order valence-electron chi connectivity index (χ0n) is 9.78.